The first-order valence-corrected chi connectivity index (χ1v) is 9.95. The number of hydrogen-bond acceptors (Lipinski definition) is 6. The van der Waals surface area contributed by atoms with Crippen molar-refractivity contribution < 1.29 is 17.7 Å². The first-order chi connectivity index (χ1) is 13.4. The van der Waals surface area contributed by atoms with E-state index >= 15 is 0 Å². The molecule has 0 fully saturated rings. The fraction of sp³-hybridized carbons (Fsp3) is 0.158. The van der Waals surface area contributed by atoms with Crippen LogP contribution in [0.3, 0.4) is 0 Å². The lowest BCUT2D eigenvalue weighted by Crippen LogP contribution is -2.15. The third-order valence-electron chi connectivity index (χ3n) is 4.34. The fourth-order valence-electron chi connectivity index (χ4n) is 3.07. The number of aryl methyl sites for hydroxylation is 2. The van der Waals surface area contributed by atoms with Crippen LogP contribution in [0.5, 0.6) is 5.75 Å². The molecular formula is C19H18N4O4S. The van der Waals surface area contributed by atoms with E-state index in [1.54, 1.807) is 26.0 Å². The van der Waals surface area contributed by atoms with E-state index in [-0.39, 0.29) is 10.7 Å². The van der Waals surface area contributed by atoms with Crippen LogP contribution in [0.2, 0.25) is 0 Å². The number of benzene rings is 1. The summed E-state index contributed by atoms with van der Waals surface area (Å²) < 4.78 is 40.5. The third-order valence-corrected chi connectivity index (χ3v) is 5.95. The number of ether oxygens (including phenoxy) is 1. The topological polar surface area (TPSA) is 98.7 Å². The molecule has 4 aromatic rings. The minimum atomic E-state index is -3.90. The highest BCUT2D eigenvalue weighted by atomic mass is 32.2. The maximum atomic E-state index is 12.9. The average molecular weight is 398 g/mol. The summed E-state index contributed by atoms with van der Waals surface area (Å²) in [6, 6.07) is 10.9. The largest absolute Gasteiger partial charge is 0.495 e. The Morgan fingerprint density at radius 3 is 2.68 bits per heavy atom. The Morgan fingerprint density at radius 1 is 1.18 bits per heavy atom. The molecule has 0 saturated heterocycles. The highest BCUT2D eigenvalue weighted by Crippen LogP contribution is 2.33. The molecule has 0 atom stereocenters. The van der Waals surface area contributed by atoms with Gasteiger partial charge in [0.05, 0.1) is 18.5 Å². The Balaban J connectivity index is 1.77. The number of pyridine rings is 1. The molecule has 0 aliphatic rings. The van der Waals surface area contributed by atoms with Gasteiger partial charge in [0.1, 0.15) is 17.1 Å². The number of nitrogens with one attached hydrogen (secondary N) is 1. The predicted molar refractivity (Wildman–Crippen MR) is 104 cm³/mol. The summed E-state index contributed by atoms with van der Waals surface area (Å²) in [6.07, 6.45) is 3.78. The van der Waals surface area contributed by atoms with Gasteiger partial charge in [-0.05, 0) is 44.2 Å². The molecule has 3 heterocycles. The number of rotatable bonds is 5. The molecule has 8 nitrogen and oxygen atoms in total. The monoisotopic (exact) mass is 398 g/mol. The van der Waals surface area contributed by atoms with Crippen molar-refractivity contribution in [1.29, 1.82) is 0 Å². The van der Waals surface area contributed by atoms with E-state index in [1.165, 1.54) is 7.11 Å². The van der Waals surface area contributed by atoms with Crippen LogP contribution in [-0.2, 0) is 10.0 Å². The second-order valence-electron chi connectivity index (χ2n) is 6.27. The van der Waals surface area contributed by atoms with Gasteiger partial charge in [-0.25, -0.2) is 13.4 Å². The number of methoxy groups -OCH3 is 1. The SMILES string of the molecule is COc1ccc(-c2cn3ccccc3n2)cc1NS(=O)(=O)c1c(C)noc1C. The summed E-state index contributed by atoms with van der Waals surface area (Å²) in [5.41, 5.74) is 2.86. The zero-order chi connectivity index (χ0) is 19.9. The molecule has 0 bridgehead atoms. The second-order valence-corrected chi connectivity index (χ2v) is 7.89. The van der Waals surface area contributed by atoms with Gasteiger partial charge in [0, 0.05) is 18.0 Å². The smallest absolute Gasteiger partial charge is 0.267 e. The molecule has 0 spiro atoms. The van der Waals surface area contributed by atoms with Gasteiger partial charge >= 0.3 is 0 Å². The van der Waals surface area contributed by atoms with Crippen LogP contribution in [0.1, 0.15) is 11.5 Å². The predicted octanol–water partition coefficient (Wildman–Crippen LogP) is 3.42. The molecule has 9 heteroatoms. The van der Waals surface area contributed by atoms with Crippen molar-refractivity contribution in [2.45, 2.75) is 18.7 Å². The van der Waals surface area contributed by atoms with Crippen molar-refractivity contribution in [3.63, 3.8) is 0 Å². The molecule has 1 N–H and O–H groups in total. The molecular weight excluding hydrogens is 380 g/mol. The fourth-order valence-corrected chi connectivity index (χ4v) is 4.47. The molecule has 0 saturated carbocycles. The summed E-state index contributed by atoms with van der Waals surface area (Å²) in [6.45, 7) is 3.13. The van der Waals surface area contributed by atoms with E-state index in [1.807, 2.05) is 41.1 Å². The van der Waals surface area contributed by atoms with Crippen LogP contribution in [-0.4, -0.2) is 30.1 Å². The zero-order valence-corrected chi connectivity index (χ0v) is 16.3. The molecule has 0 radical (unpaired) electrons. The van der Waals surface area contributed by atoms with Crippen LogP contribution in [0.25, 0.3) is 16.9 Å². The van der Waals surface area contributed by atoms with E-state index in [0.717, 1.165) is 11.2 Å². The minimum Gasteiger partial charge on any atom is -0.495 e. The highest BCUT2D eigenvalue weighted by Gasteiger charge is 2.25. The standard InChI is InChI=1S/C19H18N4O4S/c1-12-19(13(2)27-21-12)28(24,25)22-15-10-14(7-8-17(15)26-3)16-11-23-9-5-4-6-18(23)20-16/h4-11,22H,1-3H3. The van der Waals surface area contributed by atoms with Crippen molar-refractivity contribution in [1.82, 2.24) is 14.5 Å². The minimum absolute atomic E-state index is 0.0210. The van der Waals surface area contributed by atoms with E-state index in [2.05, 4.69) is 14.9 Å². The Labute approximate surface area is 161 Å². The first-order valence-electron chi connectivity index (χ1n) is 8.47. The van der Waals surface area contributed by atoms with Crippen LogP contribution >= 0.6 is 0 Å². The van der Waals surface area contributed by atoms with Gasteiger partial charge in [0.15, 0.2) is 10.7 Å². The molecule has 1 aromatic carbocycles. The number of hydrogen-bond donors (Lipinski definition) is 1. The lowest BCUT2D eigenvalue weighted by Gasteiger charge is -2.12. The lowest BCUT2D eigenvalue weighted by atomic mass is 10.1. The number of anilines is 1. The number of imidazole rings is 1. The molecule has 3 aromatic heterocycles. The van der Waals surface area contributed by atoms with Gasteiger partial charge in [0.2, 0.25) is 0 Å². The number of sulfonamides is 1. The Kier molecular flexibility index (Phi) is 4.31. The van der Waals surface area contributed by atoms with Gasteiger partial charge in [-0.3, -0.25) is 4.72 Å². The van der Waals surface area contributed by atoms with Crippen LogP contribution < -0.4 is 9.46 Å². The molecule has 0 aliphatic carbocycles. The average Bonchev–Trinajstić information content (AvgIpc) is 3.24. The van der Waals surface area contributed by atoms with Crippen LogP contribution in [0, 0.1) is 13.8 Å². The molecule has 144 valence electrons. The Hall–Kier alpha value is -3.33. The van der Waals surface area contributed by atoms with Gasteiger partial charge in [-0.15, -0.1) is 0 Å². The highest BCUT2D eigenvalue weighted by molar-refractivity contribution is 7.92. The summed E-state index contributed by atoms with van der Waals surface area (Å²) >= 11 is 0. The molecule has 0 aliphatic heterocycles. The number of nitrogens with zero attached hydrogens (tertiary/aromatic N) is 3. The van der Waals surface area contributed by atoms with E-state index in [4.69, 9.17) is 9.26 Å². The van der Waals surface area contributed by atoms with Crippen molar-refractivity contribution >= 4 is 21.4 Å². The van der Waals surface area contributed by atoms with Gasteiger partial charge in [-0.2, -0.15) is 0 Å². The molecule has 0 unspecified atom stereocenters. The van der Waals surface area contributed by atoms with Crippen molar-refractivity contribution in [2.24, 2.45) is 0 Å². The van der Waals surface area contributed by atoms with Crippen LogP contribution in [0.4, 0.5) is 5.69 Å². The normalized spacial score (nSPS) is 11.7. The quantitative estimate of drug-likeness (QED) is 0.553. The van der Waals surface area contributed by atoms with E-state index in [9.17, 15) is 8.42 Å². The number of fused-ring (bicyclic) bond motifs is 1. The Bertz CT molecular complexity index is 1220. The maximum absolute atomic E-state index is 12.9. The molecule has 0 amide bonds. The Morgan fingerprint density at radius 2 is 2.00 bits per heavy atom. The maximum Gasteiger partial charge on any atom is 0.267 e. The van der Waals surface area contributed by atoms with E-state index < -0.39 is 10.0 Å². The summed E-state index contributed by atoms with van der Waals surface area (Å²) in [7, 11) is -2.42. The first kappa shape index (κ1) is 18.1. The van der Waals surface area contributed by atoms with Crippen molar-refractivity contribution in [3.05, 3.63) is 60.2 Å². The van der Waals surface area contributed by atoms with Gasteiger partial charge < -0.3 is 13.7 Å². The molecule has 4 rings (SSSR count). The van der Waals surface area contributed by atoms with Gasteiger partial charge in [-0.1, -0.05) is 11.2 Å². The second kappa shape index (κ2) is 6.68. The number of aromatic nitrogens is 3. The molecule has 28 heavy (non-hydrogen) atoms. The van der Waals surface area contributed by atoms with Crippen molar-refractivity contribution in [2.75, 3.05) is 11.8 Å². The van der Waals surface area contributed by atoms with Crippen LogP contribution in [0.15, 0.2) is 58.2 Å². The van der Waals surface area contributed by atoms with E-state index in [0.29, 0.717) is 22.8 Å². The van der Waals surface area contributed by atoms with Crippen molar-refractivity contribution in [3.8, 4) is 17.0 Å². The summed E-state index contributed by atoms with van der Waals surface area (Å²) in [4.78, 5) is 4.60. The third kappa shape index (κ3) is 3.09. The lowest BCUT2D eigenvalue weighted by molar-refractivity contribution is 0.390. The zero-order valence-electron chi connectivity index (χ0n) is 15.5. The van der Waals surface area contributed by atoms with Gasteiger partial charge in [0.25, 0.3) is 10.0 Å². The summed E-state index contributed by atoms with van der Waals surface area (Å²) in [5.74, 6) is 0.614. The summed E-state index contributed by atoms with van der Waals surface area (Å²) in [5, 5.41) is 3.72.